The van der Waals surface area contributed by atoms with Crippen LogP contribution < -0.4 is 0 Å². The van der Waals surface area contributed by atoms with E-state index in [0.717, 1.165) is 5.69 Å². The summed E-state index contributed by atoms with van der Waals surface area (Å²) in [5.41, 5.74) is 3.64. The molecule has 0 heterocycles. The fourth-order valence-electron chi connectivity index (χ4n) is 1.04. The summed E-state index contributed by atoms with van der Waals surface area (Å²) >= 11 is 0. The first kappa shape index (κ1) is 11.0. The standard InChI is InChI=1S/C13H19N/c1-10-8-6-7-9-12(10)14-11(2)13(3,4)5/h6-9H,1-5H3/b14-11+. The molecule has 0 aliphatic rings. The van der Waals surface area contributed by atoms with Crippen LogP contribution in [0, 0.1) is 12.3 Å². The van der Waals surface area contributed by atoms with Gasteiger partial charge in [0, 0.05) is 5.71 Å². The minimum atomic E-state index is 0.155. The molecule has 0 saturated heterocycles. The third kappa shape index (κ3) is 2.69. The fraction of sp³-hybridized carbons (Fsp3) is 0.462. The maximum Gasteiger partial charge on any atom is 0.0658 e. The molecule has 0 aliphatic carbocycles. The van der Waals surface area contributed by atoms with Gasteiger partial charge in [-0.15, -0.1) is 0 Å². The van der Waals surface area contributed by atoms with Gasteiger partial charge < -0.3 is 0 Å². The predicted molar refractivity (Wildman–Crippen MR) is 63.4 cm³/mol. The van der Waals surface area contributed by atoms with E-state index in [2.05, 4.69) is 51.7 Å². The minimum absolute atomic E-state index is 0.155. The Morgan fingerprint density at radius 3 is 2.21 bits per heavy atom. The molecule has 0 spiro atoms. The van der Waals surface area contributed by atoms with Gasteiger partial charge in [-0.05, 0) is 30.9 Å². The number of aryl methyl sites for hydroxylation is 1. The van der Waals surface area contributed by atoms with Crippen molar-refractivity contribution in [2.75, 3.05) is 0 Å². The Morgan fingerprint density at radius 1 is 1.14 bits per heavy atom. The van der Waals surface area contributed by atoms with E-state index in [9.17, 15) is 0 Å². The lowest BCUT2D eigenvalue weighted by Crippen LogP contribution is -2.16. The van der Waals surface area contributed by atoms with Gasteiger partial charge >= 0.3 is 0 Å². The zero-order chi connectivity index (χ0) is 10.8. The van der Waals surface area contributed by atoms with Crippen LogP contribution in [-0.4, -0.2) is 5.71 Å². The number of para-hydroxylation sites is 1. The molecule has 76 valence electrons. The molecule has 0 fully saturated rings. The third-order valence-corrected chi connectivity index (χ3v) is 2.49. The molecule has 0 atom stereocenters. The van der Waals surface area contributed by atoms with Crippen molar-refractivity contribution in [1.29, 1.82) is 0 Å². The van der Waals surface area contributed by atoms with Gasteiger partial charge in [0.25, 0.3) is 0 Å². The summed E-state index contributed by atoms with van der Waals surface area (Å²) in [4.78, 5) is 4.65. The van der Waals surface area contributed by atoms with Gasteiger partial charge in [0.1, 0.15) is 0 Å². The molecule has 14 heavy (non-hydrogen) atoms. The van der Waals surface area contributed by atoms with Crippen molar-refractivity contribution >= 4 is 11.4 Å². The lowest BCUT2D eigenvalue weighted by Gasteiger charge is -2.18. The van der Waals surface area contributed by atoms with Crippen LogP contribution >= 0.6 is 0 Å². The lowest BCUT2D eigenvalue weighted by molar-refractivity contribution is 0.588. The topological polar surface area (TPSA) is 12.4 Å². The summed E-state index contributed by atoms with van der Waals surface area (Å²) in [6.45, 7) is 10.7. The molecule has 1 rings (SSSR count). The number of rotatable bonds is 1. The second-order valence-electron chi connectivity index (χ2n) is 4.73. The molecule has 1 aromatic rings. The number of benzene rings is 1. The first-order chi connectivity index (χ1) is 6.41. The molecule has 1 aromatic carbocycles. The first-order valence-electron chi connectivity index (χ1n) is 5.02. The van der Waals surface area contributed by atoms with Gasteiger partial charge in [-0.1, -0.05) is 39.0 Å². The highest BCUT2D eigenvalue weighted by Gasteiger charge is 2.14. The Kier molecular flexibility index (Phi) is 3.10. The van der Waals surface area contributed by atoms with Gasteiger partial charge in [0.05, 0.1) is 5.69 Å². The molecule has 0 saturated carbocycles. The second kappa shape index (κ2) is 3.95. The number of hydrogen-bond donors (Lipinski definition) is 0. The minimum Gasteiger partial charge on any atom is -0.257 e. The molecule has 0 N–H and O–H groups in total. The van der Waals surface area contributed by atoms with Gasteiger partial charge in [-0.25, -0.2) is 0 Å². The molecule has 1 nitrogen and oxygen atoms in total. The Balaban J connectivity index is 3.04. The summed E-state index contributed by atoms with van der Waals surface area (Å²) < 4.78 is 0. The zero-order valence-corrected chi connectivity index (χ0v) is 9.76. The van der Waals surface area contributed by atoms with Crippen LogP contribution in [0.3, 0.4) is 0 Å². The van der Waals surface area contributed by atoms with Crippen LogP contribution in [0.1, 0.15) is 33.3 Å². The molecule has 0 aliphatic heterocycles. The molecule has 0 aromatic heterocycles. The van der Waals surface area contributed by atoms with Crippen molar-refractivity contribution in [1.82, 2.24) is 0 Å². The summed E-state index contributed by atoms with van der Waals surface area (Å²) in [5, 5.41) is 0. The van der Waals surface area contributed by atoms with Gasteiger partial charge in [0.15, 0.2) is 0 Å². The quantitative estimate of drug-likeness (QED) is 0.589. The van der Waals surface area contributed by atoms with Crippen molar-refractivity contribution < 1.29 is 0 Å². The Hall–Kier alpha value is -1.11. The van der Waals surface area contributed by atoms with Crippen molar-refractivity contribution in [3.8, 4) is 0 Å². The molecule has 0 bridgehead atoms. The maximum absolute atomic E-state index is 4.65. The van der Waals surface area contributed by atoms with Crippen LogP contribution in [0.15, 0.2) is 29.3 Å². The van der Waals surface area contributed by atoms with Gasteiger partial charge in [-0.3, -0.25) is 4.99 Å². The van der Waals surface area contributed by atoms with E-state index in [1.807, 2.05) is 12.1 Å². The van der Waals surface area contributed by atoms with E-state index in [-0.39, 0.29) is 5.41 Å². The van der Waals surface area contributed by atoms with Gasteiger partial charge in [-0.2, -0.15) is 0 Å². The van der Waals surface area contributed by atoms with Crippen molar-refractivity contribution in [3.63, 3.8) is 0 Å². The van der Waals surface area contributed by atoms with Crippen LogP contribution in [-0.2, 0) is 0 Å². The lowest BCUT2D eigenvalue weighted by atomic mass is 9.91. The van der Waals surface area contributed by atoms with E-state index in [1.165, 1.54) is 11.3 Å². The number of nitrogens with zero attached hydrogens (tertiary/aromatic N) is 1. The smallest absolute Gasteiger partial charge is 0.0658 e. The Bertz CT molecular complexity index is 342. The summed E-state index contributed by atoms with van der Waals surface area (Å²) in [6, 6.07) is 8.22. The van der Waals surface area contributed by atoms with Crippen LogP contribution in [0.5, 0.6) is 0 Å². The monoisotopic (exact) mass is 189 g/mol. The molecule has 1 heteroatoms. The van der Waals surface area contributed by atoms with E-state index >= 15 is 0 Å². The molecule has 0 amide bonds. The molecule has 0 radical (unpaired) electrons. The first-order valence-corrected chi connectivity index (χ1v) is 5.02. The normalized spacial score (nSPS) is 13.1. The predicted octanol–water partition coefficient (Wildman–Crippen LogP) is 4.13. The average molecular weight is 189 g/mol. The van der Waals surface area contributed by atoms with Crippen molar-refractivity contribution in [2.45, 2.75) is 34.6 Å². The summed E-state index contributed by atoms with van der Waals surface area (Å²) in [5.74, 6) is 0. The number of aliphatic imine (C=N–C) groups is 1. The number of hydrogen-bond acceptors (Lipinski definition) is 1. The summed E-state index contributed by atoms with van der Waals surface area (Å²) in [7, 11) is 0. The van der Waals surface area contributed by atoms with Crippen LogP contribution in [0.25, 0.3) is 0 Å². The Morgan fingerprint density at radius 2 is 1.71 bits per heavy atom. The summed E-state index contributed by atoms with van der Waals surface area (Å²) in [6.07, 6.45) is 0. The third-order valence-electron chi connectivity index (χ3n) is 2.49. The highest BCUT2D eigenvalue weighted by Crippen LogP contribution is 2.23. The molecule has 0 unspecified atom stereocenters. The average Bonchev–Trinajstić information content (AvgIpc) is 2.07. The van der Waals surface area contributed by atoms with Gasteiger partial charge in [0.2, 0.25) is 0 Å². The zero-order valence-electron chi connectivity index (χ0n) is 9.76. The van der Waals surface area contributed by atoms with Crippen LogP contribution in [0.2, 0.25) is 0 Å². The van der Waals surface area contributed by atoms with E-state index < -0.39 is 0 Å². The van der Waals surface area contributed by atoms with Crippen molar-refractivity contribution in [3.05, 3.63) is 29.8 Å². The molecular weight excluding hydrogens is 170 g/mol. The second-order valence-corrected chi connectivity index (χ2v) is 4.73. The van der Waals surface area contributed by atoms with E-state index in [0.29, 0.717) is 0 Å². The highest BCUT2D eigenvalue weighted by molar-refractivity contribution is 5.89. The Labute approximate surface area is 86.9 Å². The SMILES string of the molecule is C/C(=N\c1ccccc1C)C(C)(C)C. The van der Waals surface area contributed by atoms with Crippen molar-refractivity contribution in [2.24, 2.45) is 10.4 Å². The van der Waals surface area contributed by atoms with Crippen LogP contribution in [0.4, 0.5) is 5.69 Å². The van der Waals surface area contributed by atoms with E-state index in [1.54, 1.807) is 0 Å². The van der Waals surface area contributed by atoms with E-state index in [4.69, 9.17) is 0 Å². The maximum atomic E-state index is 4.65. The molecular formula is C13H19N. The highest BCUT2D eigenvalue weighted by atomic mass is 14.8. The fourth-order valence-corrected chi connectivity index (χ4v) is 1.04. The largest absolute Gasteiger partial charge is 0.257 e.